The molecule has 0 saturated heterocycles. The number of hydrogen-bond donors (Lipinski definition) is 1. The molecule has 0 aliphatic carbocycles. The van der Waals surface area contributed by atoms with Crippen molar-refractivity contribution in [1.82, 2.24) is 9.97 Å². The summed E-state index contributed by atoms with van der Waals surface area (Å²) in [5, 5.41) is 3.91. The summed E-state index contributed by atoms with van der Waals surface area (Å²) in [5.74, 6) is 0.783. The number of nitrogens with zero attached hydrogens (tertiary/aromatic N) is 2. The van der Waals surface area contributed by atoms with Crippen molar-refractivity contribution in [2.75, 3.05) is 5.73 Å². The van der Waals surface area contributed by atoms with Gasteiger partial charge in [0.15, 0.2) is 0 Å². The zero-order valence-electron chi connectivity index (χ0n) is 10.5. The number of anilines is 1. The number of aromatic nitrogens is 2. The molecule has 0 amide bonds. The van der Waals surface area contributed by atoms with E-state index < -0.39 is 0 Å². The van der Waals surface area contributed by atoms with Crippen LogP contribution in [0.25, 0.3) is 10.9 Å². The van der Waals surface area contributed by atoms with Gasteiger partial charge in [-0.15, -0.1) is 11.3 Å². The Morgan fingerprint density at radius 1 is 1.32 bits per heavy atom. The van der Waals surface area contributed by atoms with Gasteiger partial charge in [-0.3, -0.25) is 4.98 Å². The minimum Gasteiger partial charge on any atom is -0.486 e. The third-order valence-electron chi connectivity index (χ3n) is 2.78. The average Bonchev–Trinajstić information content (AvgIpc) is 2.84. The van der Waals surface area contributed by atoms with Crippen LogP contribution in [0.4, 0.5) is 5.69 Å². The molecule has 0 saturated carbocycles. The number of ether oxygens (including phenoxy) is 1. The monoisotopic (exact) mass is 271 g/mol. The summed E-state index contributed by atoms with van der Waals surface area (Å²) in [6, 6.07) is 7.53. The molecule has 4 nitrogen and oxygen atoms in total. The fraction of sp³-hybridized carbons (Fsp3) is 0.143. The van der Waals surface area contributed by atoms with Gasteiger partial charge in [-0.25, -0.2) is 4.98 Å². The number of nitrogens with two attached hydrogens (primary N) is 1. The molecule has 0 fully saturated rings. The highest BCUT2D eigenvalue weighted by atomic mass is 32.1. The van der Waals surface area contributed by atoms with Crippen molar-refractivity contribution in [1.29, 1.82) is 0 Å². The molecular weight excluding hydrogens is 258 g/mol. The minimum absolute atomic E-state index is 0.465. The first-order valence-corrected chi connectivity index (χ1v) is 6.79. The summed E-state index contributed by atoms with van der Waals surface area (Å²) < 4.78 is 5.83. The summed E-state index contributed by atoms with van der Waals surface area (Å²) >= 11 is 1.60. The Hall–Kier alpha value is -2.14. The van der Waals surface area contributed by atoms with Crippen LogP contribution >= 0.6 is 11.3 Å². The molecule has 0 aliphatic heterocycles. The predicted molar refractivity (Wildman–Crippen MR) is 77.3 cm³/mol. The van der Waals surface area contributed by atoms with Crippen molar-refractivity contribution in [3.63, 3.8) is 0 Å². The number of fused-ring (bicyclic) bond motifs is 1. The van der Waals surface area contributed by atoms with Gasteiger partial charge in [0.05, 0.1) is 11.2 Å². The van der Waals surface area contributed by atoms with Gasteiger partial charge >= 0.3 is 0 Å². The van der Waals surface area contributed by atoms with Gasteiger partial charge in [0.2, 0.25) is 0 Å². The molecule has 0 atom stereocenters. The molecule has 3 rings (SSSR count). The number of nitrogen functional groups attached to an aromatic ring is 1. The predicted octanol–water partition coefficient (Wildman–Crippen LogP) is 3.16. The van der Waals surface area contributed by atoms with Crippen molar-refractivity contribution in [2.24, 2.45) is 0 Å². The number of benzene rings is 1. The van der Waals surface area contributed by atoms with E-state index in [0.29, 0.717) is 12.3 Å². The minimum atomic E-state index is 0.465. The Balaban J connectivity index is 1.91. The molecule has 2 heterocycles. The first-order chi connectivity index (χ1) is 9.24. The number of aryl methyl sites for hydroxylation is 1. The number of pyridine rings is 1. The molecule has 1 aromatic carbocycles. The van der Waals surface area contributed by atoms with Crippen LogP contribution in [-0.4, -0.2) is 9.97 Å². The van der Waals surface area contributed by atoms with Crippen LogP contribution in [0, 0.1) is 6.92 Å². The molecule has 0 radical (unpaired) electrons. The molecule has 3 aromatic rings. The van der Waals surface area contributed by atoms with Gasteiger partial charge in [0.1, 0.15) is 17.4 Å². The van der Waals surface area contributed by atoms with Crippen LogP contribution in [-0.2, 0) is 6.61 Å². The van der Waals surface area contributed by atoms with Crippen molar-refractivity contribution in [2.45, 2.75) is 13.5 Å². The second-order valence-corrected chi connectivity index (χ2v) is 5.17. The Labute approximate surface area is 114 Å². The smallest absolute Gasteiger partial charge is 0.140 e. The Bertz CT molecular complexity index is 724. The molecule has 96 valence electrons. The molecule has 0 spiro atoms. The zero-order chi connectivity index (χ0) is 13.2. The van der Waals surface area contributed by atoms with E-state index in [2.05, 4.69) is 9.97 Å². The summed E-state index contributed by atoms with van der Waals surface area (Å²) in [6.07, 6.45) is 1.73. The number of rotatable bonds is 3. The van der Waals surface area contributed by atoms with E-state index in [1.807, 2.05) is 36.6 Å². The van der Waals surface area contributed by atoms with Crippen LogP contribution < -0.4 is 10.5 Å². The van der Waals surface area contributed by atoms with Crippen molar-refractivity contribution >= 4 is 27.9 Å². The second kappa shape index (κ2) is 4.85. The van der Waals surface area contributed by atoms with Crippen molar-refractivity contribution in [3.8, 4) is 5.75 Å². The Morgan fingerprint density at radius 3 is 3.00 bits per heavy atom. The molecule has 2 N–H and O–H groups in total. The van der Waals surface area contributed by atoms with E-state index in [4.69, 9.17) is 10.5 Å². The van der Waals surface area contributed by atoms with Gasteiger partial charge in [0.25, 0.3) is 0 Å². The zero-order valence-corrected chi connectivity index (χ0v) is 11.3. The molecule has 0 aliphatic rings. The van der Waals surface area contributed by atoms with E-state index >= 15 is 0 Å². The van der Waals surface area contributed by atoms with Crippen molar-refractivity contribution in [3.05, 3.63) is 46.5 Å². The summed E-state index contributed by atoms with van der Waals surface area (Å²) in [7, 11) is 0. The summed E-state index contributed by atoms with van der Waals surface area (Å²) in [4.78, 5) is 8.66. The average molecular weight is 271 g/mol. The molecule has 0 bridgehead atoms. The lowest BCUT2D eigenvalue weighted by Gasteiger charge is -2.09. The second-order valence-electron chi connectivity index (χ2n) is 4.22. The quantitative estimate of drug-likeness (QED) is 0.743. The maximum Gasteiger partial charge on any atom is 0.140 e. The van der Waals surface area contributed by atoms with E-state index in [-0.39, 0.29) is 0 Å². The SMILES string of the molecule is Cc1csc(COc2ccc(N)c3ncccc23)n1. The largest absolute Gasteiger partial charge is 0.486 e. The number of thiazole rings is 1. The maximum atomic E-state index is 5.91. The highest BCUT2D eigenvalue weighted by Gasteiger charge is 2.07. The Morgan fingerprint density at radius 2 is 2.21 bits per heavy atom. The fourth-order valence-electron chi connectivity index (χ4n) is 1.90. The molecule has 19 heavy (non-hydrogen) atoms. The molecule has 2 aromatic heterocycles. The van der Waals surface area contributed by atoms with Gasteiger partial charge < -0.3 is 10.5 Å². The lowest BCUT2D eigenvalue weighted by molar-refractivity contribution is 0.309. The van der Waals surface area contributed by atoms with Gasteiger partial charge in [-0.05, 0) is 31.2 Å². The van der Waals surface area contributed by atoms with E-state index in [0.717, 1.165) is 27.4 Å². The first kappa shape index (κ1) is 11.9. The third-order valence-corrected chi connectivity index (χ3v) is 3.72. The standard InChI is InChI=1S/C14H13N3OS/c1-9-8-19-13(17-9)7-18-12-5-4-11(15)14-10(12)3-2-6-16-14/h2-6,8H,7,15H2,1H3. The van der Waals surface area contributed by atoms with Crippen LogP contribution in [0.1, 0.15) is 10.7 Å². The summed E-state index contributed by atoms with van der Waals surface area (Å²) in [5.41, 5.74) is 8.36. The number of hydrogen-bond acceptors (Lipinski definition) is 5. The highest BCUT2D eigenvalue weighted by molar-refractivity contribution is 7.09. The Kier molecular flexibility index (Phi) is 3.05. The van der Waals surface area contributed by atoms with E-state index in [1.54, 1.807) is 17.5 Å². The van der Waals surface area contributed by atoms with Gasteiger partial charge in [-0.2, -0.15) is 0 Å². The summed E-state index contributed by atoms with van der Waals surface area (Å²) in [6.45, 7) is 2.44. The topological polar surface area (TPSA) is 61.0 Å². The first-order valence-electron chi connectivity index (χ1n) is 5.91. The highest BCUT2D eigenvalue weighted by Crippen LogP contribution is 2.29. The van der Waals surface area contributed by atoms with Crippen LogP contribution in [0.2, 0.25) is 0 Å². The van der Waals surface area contributed by atoms with Gasteiger partial charge in [-0.1, -0.05) is 0 Å². The molecule has 5 heteroatoms. The van der Waals surface area contributed by atoms with E-state index in [9.17, 15) is 0 Å². The van der Waals surface area contributed by atoms with Crippen molar-refractivity contribution < 1.29 is 4.74 Å². The lowest BCUT2D eigenvalue weighted by Crippen LogP contribution is -1.97. The third kappa shape index (κ3) is 2.37. The van der Waals surface area contributed by atoms with Crippen LogP contribution in [0.15, 0.2) is 35.8 Å². The molecular formula is C14H13N3OS. The van der Waals surface area contributed by atoms with Gasteiger partial charge in [0, 0.05) is 22.7 Å². The van der Waals surface area contributed by atoms with Crippen LogP contribution in [0.5, 0.6) is 5.75 Å². The normalized spacial score (nSPS) is 10.8. The maximum absolute atomic E-state index is 5.91. The van der Waals surface area contributed by atoms with Crippen LogP contribution in [0.3, 0.4) is 0 Å². The molecule has 0 unspecified atom stereocenters. The van der Waals surface area contributed by atoms with E-state index in [1.165, 1.54) is 0 Å². The lowest BCUT2D eigenvalue weighted by atomic mass is 10.2. The fourth-order valence-corrected chi connectivity index (χ4v) is 2.59.